The smallest absolute Gasteiger partial charge is 0.0630 e. The van der Waals surface area contributed by atoms with Crippen molar-refractivity contribution in [2.24, 2.45) is 4.99 Å². The zero-order valence-electron chi connectivity index (χ0n) is 16.4. The number of hydrogen-bond acceptors (Lipinski definition) is 2. The summed E-state index contributed by atoms with van der Waals surface area (Å²) in [6.07, 6.45) is 3.16. The van der Waals surface area contributed by atoms with Crippen molar-refractivity contribution in [3.8, 4) is 0 Å². The van der Waals surface area contributed by atoms with Crippen LogP contribution in [0.5, 0.6) is 0 Å². The van der Waals surface area contributed by atoms with E-state index in [1.54, 1.807) is 0 Å². The first-order chi connectivity index (χ1) is 11.8. The van der Waals surface area contributed by atoms with E-state index in [-0.39, 0.29) is 5.54 Å². The minimum absolute atomic E-state index is 0.193. The van der Waals surface area contributed by atoms with E-state index in [2.05, 4.69) is 93.9 Å². The first kappa shape index (κ1) is 17.7. The molecule has 0 aromatic heterocycles. The first-order valence-corrected chi connectivity index (χ1v) is 9.32. The lowest BCUT2D eigenvalue weighted by Crippen LogP contribution is -2.51. The Kier molecular flexibility index (Phi) is 4.73. The number of nitrogens with zero attached hydrogens (tertiary/aromatic N) is 2. The molecule has 0 radical (unpaired) electrons. The van der Waals surface area contributed by atoms with Crippen LogP contribution in [0.15, 0.2) is 47.5 Å². The minimum Gasteiger partial charge on any atom is -0.364 e. The normalized spacial score (nSPS) is 19.5. The van der Waals surface area contributed by atoms with Crippen molar-refractivity contribution < 1.29 is 0 Å². The van der Waals surface area contributed by atoms with E-state index in [9.17, 15) is 0 Å². The Balaban J connectivity index is 1.93. The van der Waals surface area contributed by atoms with Gasteiger partial charge in [0.05, 0.1) is 5.69 Å². The fourth-order valence-corrected chi connectivity index (χ4v) is 4.31. The predicted molar refractivity (Wildman–Crippen MR) is 110 cm³/mol. The second-order valence-corrected chi connectivity index (χ2v) is 8.29. The molecule has 0 fully saturated rings. The lowest BCUT2D eigenvalue weighted by molar-refractivity contribution is 0.356. The second-order valence-electron chi connectivity index (χ2n) is 8.29. The fourth-order valence-electron chi connectivity index (χ4n) is 4.31. The average Bonchev–Trinajstić information content (AvgIpc) is 2.53. The molecule has 0 saturated heterocycles. The van der Waals surface area contributed by atoms with Gasteiger partial charge in [-0.2, -0.15) is 0 Å². The molecule has 2 aromatic carbocycles. The van der Waals surface area contributed by atoms with Gasteiger partial charge in [-0.1, -0.05) is 30.7 Å². The van der Waals surface area contributed by atoms with E-state index in [0.29, 0.717) is 12.0 Å². The molecule has 1 atom stereocenters. The number of aryl methyl sites for hydroxylation is 1. The van der Waals surface area contributed by atoms with Gasteiger partial charge in [-0.15, -0.1) is 0 Å². The zero-order valence-corrected chi connectivity index (χ0v) is 16.4. The number of anilines is 1. The summed E-state index contributed by atoms with van der Waals surface area (Å²) in [7, 11) is 0. The summed E-state index contributed by atoms with van der Waals surface area (Å²) >= 11 is 0. The van der Waals surface area contributed by atoms with Gasteiger partial charge in [0.1, 0.15) is 0 Å². The Labute approximate surface area is 152 Å². The van der Waals surface area contributed by atoms with Gasteiger partial charge in [-0.05, 0) is 82.3 Å². The van der Waals surface area contributed by atoms with E-state index in [1.807, 2.05) is 6.21 Å². The average molecular weight is 335 g/mol. The van der Waals surface area contributed by atoms with E-state index in [0.717, 1.165) is 5.69 Å². The highest BCUT2D eigenvalue weighted by Crippen LogP contribution is 2.44. The van der Waals surface area contributed by atoms with Crippen LogP contribution in [-0.4, -0.2) is 17.8 Å². The Morgan fingerprint density at radius 2 is 1.80 bits per heavy atom. The van der Waals surface area contributed by atoms with Crippen molar-refractivity contribution in [2.45, 2.75) is 65.5 Å². The first-order valence-electron chi connectivity index (χ1n) is 9.32. The molecule has 0 N–H and O–H groups in total. The molecule has 0 aliphatic carbocycles. The number of hydrogen-bond donors (Lipinski definition) is 0. The molecule has 2 aromatic rings. The fraction of sp³-hybridized carbons (Fsp3) is 0.435. The third kappa shape index (κ3) is 3.63. The molecule has 1 unspecified atom stereocenters. The van der Waals surface area contributed by atoms with Crippen LogP contribution in [0, 0.1) is 6.92 Å². The molecular formula is C23H30N2. The molecule has 3 rings (SSSR count). The Hall–Kier alpha value is -2.09. The minimum atomic E-state index is 0.193. The quantitative estimate of drug-likeness (QED) is 0.606. The van der Waals surface area contributed by atoms with Gasteiger partial charge in [0.2, 0.25) is 0 Å². The molecular weight excluding hydrogens is 304 g/mol. The highest BCUT2D eigenvalue weighted by Gasteiger charge is 2.37. The number of aliphatic imine (C=N–C) groups is 1. The van der Waals surface area contributed by atoms with Crippen molar-refractivity contribution in [3.05, 3.63) is 59.2 Å². The maximum atomic E-state index is 4.64. The van der Waals surface area contributed by atoms with Gasteiger partial charge in [-0.3, -0.25) is 4.99 Å². The molecule has 2 nitrogen and oxygen atoms in total. The van der Waals surface area contributed by atoms with Gasteiger partial charge >= 0.3 is 0 Å². The van der Waals surface area contributed by atoms with Gasteiger partial charge in [0.25, 0.3) is 0 Å². The van der Waals surface area contributed by atoms with Crippen LogP contribution in [-0.2, 0) is 0 Å². The molecule has 1 aliphatic rings. The summed E-state index contributed by atoms with van der Waals surface area (Å²) in [4.78, 5) is 7.21. The zero-order chi connectivity index (χ0) is 18.2. The van der Waals surface area contributed by atoms with Crippen molar-refractivity contribution in [1.29, 1.82) is 0 Å². The Morgan fingerprint density at radius 1 is 1.12 bits per heavy atom. The van der Waals surface area contributed by atoms with E-state index >= 15 is 0 Å². The third-order valence-electron chi connectivity index (χ3n) is 5.21. The van der Waals surface area contributed by atoms with E-state index < -0.39 is 0 Å². The Morgan fingerprint density at radius 3 is 2.44 bits per heavy atom. The van der Waals surface area contributed by atoms with Crippen molar-refractivity contribution in [1.82, 2.24) is 0 Å². The summed E-state index contributed by atoms with van der Waals surface area (Å²) in [6.45, 7) is 13.7. The maximum Gasteiger partial charge on any atom is 0.0630 e. The maximum absolute atomic E-state index is 4.64. The molecule has 0 spiro atoms. The lowest BCUT2D eigenvalue weighted by Gasteiger charge is -2.50. The summed E-state index contributed by atoms with van der Waals surface area (Å²) in [6, 6.07) is 15.6. The topological polar surface area (TPSA) is 15.6 Å². The SMILES string of the molecule is Cc1ccc(N=Cc2ccc3c(c2)C(C)CC(C)(C)N3C(C)C)cc1. The molecule has 1 heterocycles. The van der Waals surface area contributed by atoms with Gasteiger partial charge < -0.3 is 4.90 Å². The number of rotatable bonds is 3. The molecule has 0 amide bonds. The van der Waals surface area contributed by atoms with Crippen LogP contribution in [0.3, 0.4) is 0 Å². The van der Waals surface area contributed by atoms with E-state index in [4.69, 9.17) is 0 Å². The third-order valence-corrected chi connectivity index (χ3v) is 5.21. The van der Waals surface area contributed by atoms with Crippen LogP contribution >= 0.6 is 0 Å². The van der Waals surface area contributed by atoms with Gasteiger partial charge in [-0.25, -0.2) is 0 Å². The Bertz CT molecular complexity index is 769. The molecule has 25 heavy (non-hydrogen) atoms. The van der Waals surface area contributed by atoms with Crippen LogP contribution in [0.25, 0.3) is 0 Å². The highest BCUT2D eigenvalue weighted by molar-refractivity contribution is 5.83. The standard InChI is InChI=1S/C23H30N2/c1-16(2)25-22-12-9-19(13-21(22)18(4)14-23(25,5)6)15-24-20-10-7-17(3)8-11-20/h7-13,15-16,18H,14H2,1-6H3. The lowest BCUT2D eigenvalue weighted by atomic mass is 9.79. The van der Waals surface area contributed by atoms with Gasteiger partial charge in [0, 0.05) is 23.5 Å². The predicted octanol–water partition coefficient (Wildman–Crippen LogP) is 6.25. The number of fused-ring (bicyclic) bond motifs is 1. The van der Waals surface area contributed by atoms with Crippen LogP contribution in [0.2, 0.25) is 0 Å². The summed E-state index contributed by atoms with van der Waals surface area (Å²) in [5.74, 6) is 0.563. The van der Waals surface area contributed by atoms with Crippen LogP contribution in [0.1, 0.15) is 63.6 Å². The molecule has 0 saturated carbocycles. The van der Waals surface area contributed by atoms with Crippen molar-refractivity contribution in [3.63, 3.8) is 0 Å². The monoisotopic (exact) mass is 334 g/mol. The summed E-state index contributed by atoms with van der Waals surface area (Å²) in [5.41, 5.74) is 6.46. The number of benzene rings is 2. The van der Waals surface area contributed by atoms with Gasteiger partial charge in [0.15, 0.2) is 0 Å². The second kappa shape index (κ2) is 6.67. The van der Waals surface area contributed by atoms with Crippen LogP contribution in [0.4, 0.5) is 11.4 Å². The van der Waals surface area contributed by atoms with Crippen LogP contribution < -0.4 is 4.90 Å². The highest BCUT2D eigenvalue weighted by atomic mass is 15.2. The molecule has 132 valence electrons. The van der Waals surface area contributed by atoms with E-state index in [1.165, 1.54) is 28.8 Å². The molecule has 1 aliphatic heterocycles. The summed E-state index contributed by atoms with van der Waals surface area (Å²) in [5, 5.41) is 0. The van der Waals surface area contributed by atoms with Crippen molar-refractivity contribution in [2.75, 3.05) is 4.90 Å². The largest absolute Gasteiger partial charge is 0.364 e. The molecule has 0 bridgehead atoms. The van der Waals surface area contributed by atoms with Crippen molar-refractivity contribution >= 4 is 17.6 Å². The molecule has 2 heteroatoms. The summed E-state index contributed by atoms with van der Waals surface area (Å²) < 4.78 is 0.